The van der Waals surface area contributed by atoms with E-state index in [1.165, 1.54) is 11.8 Å². The van der Waals surface area contributed by atoms with Crippen molar-refractivity contribution >= 4 is 35.1 Å². The fraction of sp³-hybridized carbons (Fsp3) is 0.211. The first-order valence-corrected chi connectivity index (χ1v) is 8.81. The van der Waals surface area contributed by atoms with Crippen LogP contribution in [0.1, 0.15) is 33.2 Å². The predicted octanol–water partition coefficient (Wildman–Crippen LogP) is 3.47. The summed E-state index contributed by atoms with van der Waals surface area (Å²) in [5, 5.41) is 2.73. The first-order valence-electron chi connectivity index (χ1n) is 7.82. The van der Waals surface area contributed by atoms with E-state index in [-0.39, 0.29) is 11.7 Å². The first-order chi connectivity index (χ1) is 11.9. The minimum Gasteiger partial charge on any atom is -0.451 e. The molecular formula is C19H17NO4S. The van der Waals surface area contributed by atoms with Crippen molar-refractivity contribution in [2.75, 3.05) is 11.1 Å². The number of carbonyl (C=O) groups excluding carboxylic acids is 3. The normalized spacial score (nSPS) is 14.2. The van der Waals surface area contributed by atoms with Crippen molar-refractivity contribution in [3.8, 4) is 0 Å². The van der Waals surface area contributed by atoms with E-state index in [4.69, 9.17) is 4.74 Å². The van der Waals surface area contributed by atoms with Gasteiger partial charge in [-0.25, -0.2) is 4.79 Å². The third kappa shape index (κ3) is 3.91. The van der Waals surface area contributed by atoms with Gasteiger partial charge in [-0.15, -0.1) is 11.8 Å². The highest BCUT2D eigenvalue weighted by Crippen LogP contribution is 2.32. The molecule has 0 aromatic heterocycles. The van der Waals surface area contributed by atoms with Gasteiger partial charge in [-0.05, 0) is 32.0 Å². The Morgan fingerprint density at radius 3 is 2.52 bits per heavy atom. The second kappa shape index (κ2) is 7.11. The van der Waals surface area contributed by atoms with Gasteiger partial charge in [-0.1, -0.05) is 29.8 Å². The molecular weight excluding hydrogens is 338 g/mol. The Morgan fingerprint density at radius 2 is 1.80 bits per heavy atom. The molecule has 6 heteroatoms. The van der Waals surface area contributed by atoms with E-state index in [9.17, 15) is 14.4 Å². The average Bonchev–Trinajstić information content (AvgIpc) is 2.61. The Hall–Kier alpha value is -2.60. The van der Waals surface area contributed by atoms with E-state index in [0.29, 0.717) is 22.6 Å². The monoisotopic (exact) mass is 355 g/mol. The molecule has 0 aliphatic carbocycles. The highest BCUT2D eigenvalue weighted by molar-refractivity contribution is 8.00. The van der Waals surface area contributed by atoms with Crippen molar-refractivity contribution < 1.29 is 19.1 Å². The second-order valence-electron chi connectivity index (χ2n) is 5.83. The molecule has 5 nitrogen and oxygen atoms in total. The summed E-state index contributed by atoms with van der Waals surface area (Å²) < 4.78 is 5.29. The van der Waals surface area contributed by atoms with Crippen LogP contribution in [0.2, 0.25) is 0 Å². The van der Waals surface area contributed by atoms with Gasteiger partial charge in [0.1, 0.15) is 0 Å². The zero-order chi connectivity index (χ0) is 18.0. The summed E-state index contributed by atoms with van der Waals surface area (Å²) in [6.45, 7) is 3.49. The molecule has 1 atom stereocenters. The molecule has 128 valence electrons. The van der Waals surface area contributed by atoms with Gasteiger partial charge in [0.2, 0.25) is 11.7 Å². The Bertz CT molecular complexity index is 845. The molecule has 0 fully saturated rings. The summed E-state index contributed by atoms with van der Waals surface area (Å²) in [5.41, 5.74) is 2.44. The molecule has 3 rings (SSSR count). The standard InChI is InChI=1S/C19H17NO4S/c1-11-3-5-13(6-4-11)18(22)12(2)24-19(23)14-7-8-16-15(9-14)20-17(21)10-25-16/h3-9,12H,10H2,1-2H3,(H,20,21)/t12-/m1/s1. The Morgan fingerprint density at radius 1 is 1.12 bits per heavy atom. The van der Waals surface area contributed by atoms with Crippen molar-refractivity contribution in [2.45, 2.75) is 24.8 Å². The largest absolute Gasteiger partial charge is 0.451 e. The highest BCUT2D eigenvalue weighted by atomic mass is 32.2. The lowest BCUT2D eigenvalue weighted by Crippen LogP contribution is -2.25. The van der Waals surface area contributed by atoms with Crippen molar-refractivity contribution in [1.29, 1.82) is 0 Å². The number of ketones is 1. The van der Waals surface area contributed by atoms with E-state index >= 15 is 0 Å². The number of carbonyl (C=O) groups is 3. The number of aryl methyl sites for hydroxylation is 1. The number of amides is 1. The smallest absolute Gasteiger partial charge is 0.338 e. The summed E-state index contributed by atoms with van der Waals surface area (Å²) in [4.78, 5) is 37.0. The van der Waals surface area contributed by atoms with Gasteiger partial charge in [0.15, 0.2) is 6.10 Å². The molecule has 25 heavy (non-hydrogen) atoms. The van der Waals surface area contributed by atoms with E-state index < -0.39 is 12.1 Å². The van der Waals surface area contributed by atoms with Crippen LogP contribution in [0, 0.1) is 6.92 Å². The van der Waals surface area contributed by atoms with Crippen molar-refractivity contribution in [2.24, 2.45) is 0 Å². The SMILES string of the molecule is Cc1ccc(C(=O)[C@@H](C)OC(=O)c2ccc3c(c2)NC(=O)CS3)cc1. The van der Waals surface area contributed by atoms with E-state index in [1.54, 1.807) is 37.3 Å². The molecule has 1 aliphatic rings. The molecule has 0 saturated heterocycles. The number of rotatable bonds is 4. The Labute approximate surface area is 149 Å². The fourth-order valence-corrected chi connectivity index (χ4v) is 3.23. The van der Waals surface area contributed by atoms with Gasteiger partial charge >= 0.3 is 5.97 Å². The molecule has 0 unspecified atom stereocenters. The molecule has 0 bridgehead atoms. The van der Waals surface area contributed by atoms with Crippen LogP contribution in [0.25, 0.3) is 0 Å². The van der Waals surface area contributed by atoms with E-state index in [1.807, 2.05) is 19.1 Å². The van der Waals surface area contributed by atoms with E-state index in [0.717, 1.165) is 10.5 Å². The average molecular weight is 355 g/mol. The molecule has 1 N–H and O–H groups in total. The van der Waals surface area contributed by atoms with E-state index in [2.05, 4.69) is 5.32 Å². The topological polar surface area (TPSA) is 72.5 Å². The molecule has 1 heterocycles. The third-order valence-electron chi connectivity index (χ3n) is 3.84. The molecule has 1 amide bonds. The summed E-state index contributed by atoms with van der Waals surface area (Å²) >= 11 is 1.42. The lowest BCUT2D eigenvalue weighted by molar-refractivity contribution is -0.113. The third-order valence-corrected chi connectivity index (χ3v) is 4.91. The van der Waals surface area contributed by atoms with Gasteiger partial charge in [-0.2, -0.15) is 0 Å². The highest BCUT2D eigenvalue weighted by Gasteiger charge is 2.22. The van der Waals surface area contributed by atoms with Gasteiger partial charge in [0, 0.05) is 10.5 Å². The molecule has 0 radical (unpaired) electrons. The molecule has 0 spiro atoms. The number of hydrogen-bond acceptors (Lipinski definition) is 5. The van der Waals surface area contributed by atoms with Crippen LogP contribution in [-0.2, 0) is 9.53 Å². The number of Topliss-reactive ketones (excluding diaryl/α,β-unsaturated/α-hetero) is 1. The van der Waals surface area contributed by atoms with Gasteiger partial charge < -0.3 is 10.1 Å². The summed E-state index contributed by atoms with van der Waals surface area (Å²) in [6.07, 6.45) is -0.893. The van der Waals surface area contributed by atoms with Gasteiger partial charge in [0.25, 0.3) is 0 Å². The molecule has 0 saturated carbocycles. The Balaban J connectivity index is 1.71. The molecule has 2 aromatic carbocycles. The number of esters is 1. The quantitative estimate of drug-likeness (QED) is 0.672. The lowest BCUT2D eigenvalue weighted by atomic mass is 10.1. The second-order valence-corrected chi connectivity index (χ2v) is 6.84. The summed E-state index contributed by atoms with van der Waals surface area (Å²) in [7, 11) is 0. The summed E-state index contributed by atoms with van der Waals surface area (Å²) in [5.74, 6) is -0.597. The van der Waals surface area contributed by atoms with Crippen molar-refractivity contribution in [1.82, 2.24) is 0 Å². The number of ether oxygens (including phenoxy) is 1. The minimum atomic E-state index is -0.893. The maximum Gasteiger partial charge on any atom is 0.338 e. The zero-order valence-electron chi connectivity index (χ0n) is 13.9. The number of thioether (sulfide) groups is 1. The number of hydrogen-bond donors (Lipinski definition) is 1. The van der Waals surface area contributed by atoms with Crippen molar-refractivity contribution in [3.05, 3.63) is 59.2 Å². The van der Waals surface area contributed by atoms with Crippen LogP contribution in [0.5, 0.6) is 0 Å². The molecule has 1 aliphatic heterocycles. The number of nitrogens with one attached hydrogen (secondary N) is 1. The molecule has 2 aromatic rings. The predicted molar refractivity (Wildman–Crippen MR) is 96.2 cm³/mol. The minimum absolute atomic E-state index is 0.106. The fourth-order valence-electron chi connectivity index (χ4n) is 2.44. The van der Waals surface area contributed by atoms with Crippen LogP contribution < -0.4 is 5.32 Å². The van der Waals surface area contributed by atoms with Crippen LogP contribution in [0.4, 0.5) is 5.69 Å². The van der Waals surface area contributed by atoms with Crippen LogP contribution in [0.15, 0.2) is 47.4 Å². The number of fused-ring (bicyclic) bond motifs is 1. The summed E-state index contributed by atoms with van der Waals surface area (Å²) in [6, 6.07) is 12.1. The van der Waals surface area contributed by atoms with Crippen LogP contribution >= 0.6 is 11.8 Å². The number of anilines is 1. The first kappa shape index (κ1) is 17.2. The maximum atomic E-state index is 12.4. The van der Waals surface area contributed by atoms with Crippen LogP contribution in [-0.4, -0.2) is 29.5 Å². The zero-order valence-corrected chi connectivity index (χ0v) is 14.7. The van der Waals surface area contributed by atoms with Gasteiger partial charge in [-0.3, -0.25) is 9.59 Å². The number of benzene rings is 2. The lowest BCUT2D eigenvalue weighted by Gasteiger charge is -2.17. The maximum absolute atomic E-state index is 12.4. The van der Waals surface area contributed by atoms with Gasteiger partial charge in [0.05, 0.1) is 17.0 Å². The van der Waals surface area contributed by atoms with Crippen LogP contribution in [0.3, 0.4) is 0 Å². The van der Waals surface area contributed by atoms with Crippen molar-refractivity contribution in [3.63, 3.8) is 0 Å². The Kier molecular flexibility index (Phi) is 4.90.